The molecule has 4 N–H and O–H groups in total. The molecule has 0 saturated heterocycles. The first-order valence-corrected chi connectivity index (χ1v) is 7.66. The third-order valence-electron chi connectivity index (χ3n) is 2.98. The first-order chi connectivity index (χ1) is 10.3. The number of oxime groups is 1. The van der Waals surface area contributed by atoms with E-state index in [0.717, 1.165) is 25.3 Å². The molecule has 0 radical (unpaired) electrons. The number of ether oxygens (including phenoxy) is 1. The fourth-order valence-corrected chi connectivity index (χ4v) is 2.52. The molecule has 0 atom stereocenters. The quantitative estimate of drug-likeness (QED) is 0.229. The number of thiophene rings is 1. The Bertz CT molecular complexity index is 553. The molecule has 5 nitrogen and oxygen atoms in total. The Labute approximate surface area is 128 Å². The van der Waals surface area contributed by atoms with Crippen molar-refractivity contribution in [3.05, 3.63) is 52.2 Å². The first kappa shape index (κ1) is 15.3. The summed E-state index contributed by atoms with van der Waals surface area (Å²) in [5.41, 5.74) is 7.52. The molecule has 21 heavy (non-hydrogen) atoms. The van der Waals surface area contributed by atoms with Crippen molar-refractivity contribution in [1.82, 2.24) is 5.32 Å². The van der Waals surface area contributed by atoms with Gasteiger partial charge in [0.2, 0.25) is 0 Å². The second kappa shape index (κ2) is 8.28. The van der Waals surface area contributed by atoms with Crippen LogP contribution in [0, 0.1) is 0 Å². The summed E-state index contributed by atoms with van der Waals surface area (Å²) in [6, 6.07) is 9.27. The molecule has 0 bridgehead atoms. The van der Waals surface area contributed by atoms with Gasteiger partial charge < -0.3 is 21.0 Å². The van der Waals surface area contributed by atoms with Crippen molar-refractivity contribution in [1.29, 1.82) is 0 Å². The topological polar surface area (TPSA) is 79.9 Å². The molecule has 2 aromatic rings. The molecule has 0 amide bonds. The molecule has 2 rings (SSSR count). The lowest BCUT2D eigenvalue weighted by atomic mass is 10.2. The van der Waals surface area contributed by atoms with Crippen LogP contribution in [-0.2, 0) is 6.42 Å². The minimum Gasteiger partial charge on any atom is -0.492 e. The van der Waals surface area contributed by atoms with Crippen molar-refractivity contribution in [3.63, 3.8) is 0 Å². The van der Waals surface area contributed by atoms with E-state index in [9.17, 15) is 0 Å². The zero-order chi connectivity index (χ0) is 14.9. The van der Waals surface area contributed by atoms with E-state index in [1.54, 1.807) is 35.6 Å². The number of benzene rings is 1. The molecule has 1 aromatic carbocycles. The minimum atomic E-state index is 0.0941. The Kier molecular flexibility index (Phi) is 6.05. The average Bonchev–Trinajstić information content (AvgIpc) is 3.04. The second-order valence-corrected chi connectivity index (χ2v) is 5.27. The molecule has 0 aliphatic heterocycles. The molecule has 6 heteroatoms. The van der Waals surface area contributed by atoms with E-state index in [1.165, 1.54) is 5.56 Å². The summed E-state index contributed by atoms with van der Waals surface area (Å²) in [6.45, 7) is 2.35. The largest absolute Gasteiger partial charge is 0.492 e. The average molecular weight is 305 g/mol. The van der Waals surface area contributed by atoms with Crippen LogP contribution < -0.4 is 15.8 Å². The Morgan fingerprint density at radius 3 is 2.71 bits per heavy atom. The lowest BCUT2D eigenvalue weighted by molar-refractivity contribution is 0.314. The number of hydrogen-bond donors (Lipinski definition) is 3. The van der Waals surface area contributed by atoms with E-state index in [1.807, 2.05) is 0 Å². The van der Waals surface area contributed by atoms with Crippen molar-refractivity contribution in [2.75, 3.05) is 19.7 Å². The van der Waals surface area contributed by atoms with Crippen molar-refractivity contribution in [2.24, 2.45) is 10.9 Å². The third kappa shape index (κ3) is 5.09. The van der Waals surface area contributed by atoms with E-state index in [4.69, 9.17) is 15.7 Å². The van der Waals surface area contributed by atoms with Gasteiger partial charge in [0.25, 0.3) is 0 Å². The van der Waals surface area contributed by atoms with Crippen LogP contribution in [0.1, 0.15) is 11.1 Å². The smallest absolute Gasteiger partial charge is 0.170 e. The van der Waals surface area contributed by atoms with Crippen LogP contribution in [0.5, 0.6) is 5.75 Å². The number of hydrogen-bond acceptors (Lipinski definition) is 5. The van der Waals surface area contributed by atoms with Crippen LogP contribution in [0.25, 0.3) is 0 Å². The highest BCUT2D eigenvalue weighted by Crippen LogP contribution is 2.11. The zero-order valence-electron chi connectivity index (χ0n) is 11.7. The fraction of sp³-hybridized carbons (Fsp3) is 0.267. The molecule has 0 spiro atoms. The lowest BCUT2D eigenvalue weighted by Gasteiger charge is -2.08. The Morgan fingerprint density at radius 2 is 2.05 bits per heavy atom. The minimum absolute atomic E-state index is 0.0941. The van der Waals surface area contributed by atoms with Gasteiger partial charge in [-0.25, -0.2) is 0 Å². The van der Waals surface area contributed by atoms with Gasteiger partial charge in [0.15, 0.2) is 5.84 Å². The SMILES string of the molecule is NC(=NO)c1ccc(OCCNCCc2ccsc2)cc1. The van der Waals surface area contributed by atoms with E-state index < -0.39 is 0 Å². The summed E-state index contributed by atoms with van der Waals surface area (Å²) < 4.78 is 5.61. The van der Waals surface area contributed by atoms with Crippen LogP contribution in [0.15, 0.2) is 46.2 Å². The van der Waals surface area contributed by atoms with Gasteiger partial charge in [-0.3, -0.25) is 0 Å². The standard InChI is InChI=1S/C15H19N3O2S/c16-15(18-19)13-1-3-14(4-2-13)20-9-8-17-7-5-12-6-10-21-11-12/h1-4,6,10-11,17,19H,5,7-9H2,(H2,16,18). The van der Waals surface area contributed by atoms with Crippen LogP contribution in [0.3, 0.4) is 0 Å². The summed E-state index contributed by atoms with van der Waals surface area (Å²) in [7, 11) is 0. The second-order valence-electron chi connectivity index (χ2n) is 4.49. The van der Waals surface area contributed by atoms with Crippen LogP contribution >= 0.6 is 11.3 Å². The van der Waals surface area contributed by atoms with Crippen molar-refractivity contribution in [3.8, 4) is 5.75 Å². The molecule has 0 aliphatic rings. The predicted molar refractivity (Wildman–Crippen MR) is 85.3 cm³/mol. The van der Waals surface area contributed by atoms with Gasteiger partial charge in [-0.1, -0.05) is 5.16 Å². The maximum absolute atomic E-state index is 8.57. The van der Waals surface area contributed by atoms with Crippen LogP contribution in [0.4, 0.5) is 0 Å². The van der Waals surface area contributed by atoms with Gasteiger partial charge in [-0.05, 0) is 59.6 Å². The molecular formula is C15H19N3O2S. The first-order valence-electron chi connectivity index (χ1n) is 6.72. The fourth-order valence-electron chi connectivity index (χ4n) is 1.81. The van der Waals surface area contributed by atoms with Crippen LogP contribution in [0.2, 0.25) is 0 Å². The lowest BCUT2D eigenvalue weighted by Crippen LogP contribution is -2.23. The Morgan fingerprint density at radius 1 is 1.24 bits per heavy atom. The predicted octanol–water partition coefficient (Wildman–Crippen LogP) is 2.05. The maximum atomic E-state index is 8.57. The maximum Gasteiger partial charge on any atom is 0.170 e. The highest BCUT2D eigenvalue weighted by Gasteiger charge is 1.99. The summed E-state index contributed by atoms with van der Waals surface area (Å²) in [5.74, 6) is 0.862. The molecule has 0 fully saturated rings. The number of amidine groups is 1. The summed E-state index contributed by atoms with van der Waals surface area (Å²) in [6.07, 6.45) is 1.04. The molecule has 1 aromatic heterocycles. The van der Waals surface area contributed by atoms with Crippen molar-refractivity contribution in [2.45, 2.75) is 6.42 Å². The summed E-state index contributed by atoms with van der Waals surface area (Å²) in [5, 5.41) is 19.1. The zero-order valence-corrected chi connectivity index (χ0v) is 12.5. The number of nitrogens with zero attached hydrogens (tertiary/aromatic N) is 1. The molecule has 0 aliphatic carbocycles. The van der Waals surface area contributed by atoms with Crippen molar-refractivity contribution >= 4 is 17.2 Å². The van der Waals surface area contributed by atoms with E-state index >= 15 is 0 Å². The normalized spacial score (nSPS) is 11.5. The van der Waals surface area contributed by atoms with Gasteiger partial charge in [-0.15, -0.1) is 0 Å². The van der Waals surface area contributed by atoms with E-state index in [-0.39, 0.29) is 5.84 Å². The molecular weight excluding hydrogens is 286 g/mol. The van der Waals surface area contributed by atoms with Gasteiger partial charge in [0, 0.05) is 12.1 Å². The van der Waals surface area contributed by atoms with Gasteiger partial charge in [0.1, 0.15) is 12.4 Å². The van der Waals surface area contributed by atoms with Crippen molar-refractivity contribution < 1.29 is 9.94 Å². The molecule has 1 heterocycles. The van der Waals surface area contributed by atoms with E-state index in [2.05, 4.69) is 27.3 Å². The summed E-state index contributed by atoms with van der Waals surface area (Å²) >= 11 is 1.72. The van der Waals surface area contributed by atoms with E-state index in [0.29, 0.717) is 12.2 Å². The number of rotatable bonds is 8. The highest BCUT2D eigenvalue weighted by molar-refractivity contribution is 7.07. The van der Waals surface area contributed by atoms with Gasteiger partial charge in [-0.2, -0.15) is 11.3 Å². The highest BCUT2D eigenvalue weighted by atomic mass is 32.1. The van der Waals surface area contributed by atoms with Crippen LogP contribution in [-0.4, -0.2) is 30.7 Å². The van der Waals surface area contributed by atoms with Gasteiger partial charge >= 0.3 is 0 Å². The summed E-state index contributed by atoms with van der Waals surface area (Å²) in [4.78, 5) is 0. The van der Waals surface area contributed by atoms with Gasteiger partial charge in [0.05, 0.1) is 0 Å². The monoisotopic (exact) mass is 305 g/mol. The number of nitrogens with one attached hydrogen (secondary N) is 1. The molecule has 0 unspecified atom stereocenters. The third-order valence-corrected chi connectivity index (χ3v) is 3.71. The number of nitrogens with two attached hydrogens (primary N) is 1. The molecule has 0 saturated carbocycles. The Hall–Kier alpha value is -2.05. The molecule has 112 valence electrons. The Balaban J connectivity index is 1.62.